The first-order chi connectivity index (χ1) is 13.9. The molecule has 0 unspecified atom stereocenters. The van der Waals surface area contributed by atoms with E-state index in [2.05, 4.69) is 5.10 Å². The predicted molar refractivity (Wildman–Crippen MR) is 110 cm³/mol. The Kier molecular flexibility index (Phi) is 5.49. The molecule has 1 aromatic heterocycles. The Morgan fingerprint density at radius 1 is 1.28 bits per heavy atom. The van der Waals surface area contributed by atoms with Gasteiger partial charge in [0.1, 0.15) is 0 Å². The fourth-order valence-corrected chi connectivity index (χ4v) is 4.91. The summed E-state index contributed by atoms with van der Waals surface area (Å²) in [6.45, 7) is 4.85. The molecule has 2 atom stereocenters. The Hall–Kier alpha value is -2.18. The van der Waals surface area contributed by atoms with E-state index in [1.54, 1.807) is 9.58 Å². The summed E-state index contributed by atoms with van der Waals surface area (Å²) in [4.78, 5) is 15.5. The summed E-state index contributed by atoms with van der Waals surface area (Å²) >= 11 is 0. The van der Waals surface area contributed by atoms with Crippen LogP contribution >= 0.6 is 0 Å². The predicted octanol–water partition coefficient (Wildman–Crippen LogP) is 3.39. The van der Waals surface area contributed by atoms with Crippen molar-refractivity contribution in [3.63, 3.8) is 0 Å². The van der Waals surface area contributed by atoms with Crippen LogP contribution in [0.5, 0.6) is 0 Å². The molecule has 0 bridgehead atoms. The van der Waals surface area contributed by atoms with Crippen molar-refractivity contribution in [3.05, 3.63) is 52.8 Å². The van der Waals surface area contributed by atoms with Gasteiger partial charge in [0.05, 0.1) is 30.0 Å². The molecule has 29 heavy (non-hydrogen) atoms. The summed E-state index contributed by atoms with van der Waals surface area (Å²) in [5.74, 6) is -0.104. The Labute approximate surface area is 172 Å². The van der Waals surface area contributed by atoms with Gasteiger partial charge in [0.15, 0.2) is 5.69 Å². The zero-order valence-electron chi connectivity index (χ0n) is 17.6. The fourth-order valence-electron chi connectivity index (χ4n) is 4.91. The fraction of sp³-hybridized carbons (Fsp3) is 0.565. The summed E-state index contributed by atoms with van der Waals surface area (Å²) in [5.41, 5.74) is 2.72. The van der Waals surface area contributed by atoms with Gasteiger partial charge in [-0.1, -0.05) is 43.2 Å². The van der Waals surface area contributed by atoms with Crippen LogP contribution in [0.25, 0.3) is 0 Å². The standard InChI is InChI=1S/C23H31N3O3/c1-16-13-19-20(24-25(3)21(19)17(2)29-16)22(27)26(14-18-9-5-4-6-10-18)15-23(28)11-7-8-12-23/h4-6,9-10,16-17,28H,7-8,11-15H2,1-3H3/t16-,17+/m1/s1. The number of aliphatic hydroxyl groups is 1. The van der Waals surface area contributed by atoms with Gasteiger partial charge in [0.25, 0.3) is 5.91 Å². The summed E-state index contributed by atoms with van der Waals surface area (Å²) in [6.07, 6.45) is 4.15. The minimum absolute atomic E-state index is 0.0508. The molecule has 1 aliphatic carbocycles. The van der Waals surface area contributed by atoms with Crippen LogP contribution in [-0.2, 0) is 24.8 Å². The lowest BCUT2D eigenvalue weighted by atomic mass is 9.97. The molecule has 0 saturated heterocycles. The second-order valence-corrected chi connectivity index (χ2v) is 8.71. The molecule has 6 nitrogen and oxygen atoms in total. The minimum atomic E-state index is -0.803. The summed E-state index contributed by atoms with van der Waals surface area (Å²) in [5, 5.41) is 15.6. The van der Waals surface area contributed by atoms with Gasteiger partial charge in [-0.15, -0.1) is 0 Å². The van der Waals surface area contributed by atoms with Crippen LogP contribution in [0.2, 0.25) is 0 Å². The van der Waals surface area contributed by atoms with E-state index in [4.69, 9.17) is 4.74 Å². The van der Waals surface area contributed by atoms with Gasteiger partial charge < -0.3 is 14.7 Å². The van der Waals surface area contributed by atoms with Gasteiger partial charge in [-0.2, -0.15) is 5.10 Å². The molecule has 156 valence electrons. The van der Waals surface area contributed by atoms with Crippen molar-refractivity contribution in [2.75, 3.05) is 6.54 Å². The first kappa shape index (κ1) is 20.1. The third-order valence-electron chi connectivity index (χ3n) is 6.23. The SMILES string of the molecule is C[C@@H]1Cc2c(C(=O)N(Cc3ccccc3)CC3(O)CCCC3)nn(C)c2[C@H](C)O1. The lowest BCUT2D eigenvalue weighted by molar-refractivity contribution is -0.00929. The van der Waals surface area contributed by atoms with Crippen LogP contribution in [0.15, 0.2) is 30.3 Å². The smallest absolute Gasteiger partial charge is 0.275 e. The van der Waals surface area contributed by atoms with Crippen LogP contribution in [0, 0.1) is 0 Å². The number of ether oxygens (including phenoxy) is 1. The molecule has 1 aromatic carbocycles. The summed E-state index contributed by atoms with van der Waals surface area (Å²) in [6, 6.07) is 9.96. The van der Waals surface area contributed by atoms with E-state index in [0.29, 0.717) is 25.2 Å². The van der Waals surface area contributed by atoms with Gasteiger partial charge >= 0.3 is 0 Å². The van der Waals surface area contributed by atoms with E-state index in [1.165, 1.54) is 0 Å². The quantitative estimate of drug-likeness (QED) is 0.840. The van der Waals surface area contributed by atoms with E-state index in [9.17, 15) is 9.90 Å². The van der Waals surface area contributed by atoms with E-state index in [-0.39, 0.29) is 18.1 Å². The van der Waals surface area contributed by atoms with E-state index in [1.807, 2.05) is 51.2 Å². The number of nitrogens with zero attached hydrogens (tertiary/aromatic N) is 3. The molecular weight excluding hydrogens is 366 g/mol. The zero-order chi connectivity index (χ0) is 20.6. The van der Waals surface area contributed by atoms with Gasteiger partial charge in [-0.25, -0.2) is 0 Å². The number of carbonyl (C=O) groups excluding carboxylic acids is 1. The average molecular weight is 398 g/mol. The third-order valence-corrected chi connectivity index (χ3v) is 6.23. The highest BCUT2D eigenvalue weighted by Gasteiger charge is 2.38. The maximum absolute atomic E-state index is 13.7. The number of aromatic nitrogens is 2. The first-order valence-corrected chi connectivity index (χ1v) is 10.6. The van der Waals surface area contributed by atoms with Crippen molar-refractivity contribution in [3.8, 4) is 0 Å². The summed E-state index contributed by atoms with van der Waals surface area (Å²) < 4.78 is 7.72. The van der Waals surface area contributed by atoms with Crippen molar-refractivity contribution in [2.45, 2.75) is 70.3 Å². The monoisotopic (exact) mass is 397 g/mol. The Bertz CT molecular complexity index is 871. The van der Waals surface area contributed by atoms with Crippen molar-refractivity contribution in [1.82, 2.24) is 14.7 Å². The number of amides is 1. The molecule has 1 saturated carbocycles. The van der Waals surface area contributed by atoms with Gasteiger partial charge in [-0.3, -0.25) is 9.48 Å². The van der Waals surface area contributed by atoms with Crippen molar-refractivity contribution in [1.29, 1.82) is 0 Å². The van der Waals surface area contributed by atoms with E-state index < -0.39 is 5.60 Å². The number of rotatable bonds is 5. The molecule has 2 heterocycles. The topological polar surface area (TPSA) is 67.6 Å². The molecule has 0 spiro atoms. The first-order valence-electron chi connectivity index (χ1n) is 10.6. The highest BCUT2D eigenvalue weighted by atomic mass is 16.5. The Balaban J connectivity index is 1.67. The normalized spacial score (nSPS) is 23.0. The van der Waals surface area contributed by atoms with E-state index >= 15 is 0 Å². The summed E-state index contributed by atoms with van der Waals surface area (Å²) in [7, 11) is 1.87. The van der Waals surface area contributed by atoms with Crippen LogP contribution in [0.4, 0.5) is 0 Å². The van der Waals surface area contributed by atoms with Gasteiger partial charge in [0.2, 0.25) is 0 Å². The maximum atomic E-state index is 13.7. The minimum Gasteiger partial charge on any atom is -0.388 e. The second-order valence-electron chi connectivity index (χ2n) is 8.71. The molecule has 2 aliphatic rings. The molecule has 6 heteroatoms. The van der Waals surface area contributed by atoms with Crippen molar-refractivity contribution < 1.29 is 14.6 Å². The lowest BCUT2D eigenvalue weighted by Crippen LogP contribution is -2.44. The Morgan fingerprint density at radius 3 is 2.66 bits per heavy atom. The Morgan fingerprint density at radius 2 is 1.97 bits per heavy atom. The molecule has 2 aromatic rings. The number of carbonyl (C=O) groups is 1. The van der Waals surface area contributed by atoms with Crippen LogP contribution in [0.3, 0.4) is 0 Å². The van der Waals surface area contributed by atoms with Crippen LogP contribution in [-0.4, -0.2) is 43.9 Å². The number of fused-ring (bicyclic) bond motifs is 1. The average Bonchev–Trinajstić information content (AvgIpc) is 3.25. The zero-order valence-corrected chi connectivity index (χ0v) is 17.6. The molecule has 1 amide bonds. The van der Waals surface area contributed by atoms with Crippen LogP contribution in [0.1, 0.15) is 72.9 Å². The second kappa shape index (κ2) is 7.92. The number of benzene rings is 1. The van der Waals surface area contributed by atoms with Crippen molar-refractivity contribution >= 4 is 5.91 Å². The molecule has 4 rings (SSSR count). The lowest BCUT2D eigenvalue weighted by Gasteiger charge is -2.32. The van der Waals surface area contributed by atoms with Crippen LogP contribution < -0.4 is 0 Å². The molecule has 0 radical (unpaired) electrons. The third kappa shape index (κ3) is 4.09. The van der Waals surface area contributed by atoms with Gasteiger partial charge in [-0.05, 0) is 32.3 Å². The maximum Gasteiger partial charge on any atom is 0.275 e. The number of hydrogen-bond donors (Lipinski definition) is 1. The number of hydrogen-bond acceptors (Lipinski definition) is 4. The van der Waals surface area contributed by atoms with Gasteiger partial charge in [0, 0.05) is 25.6 Å². The van der Waals surface area contributed by atoms with Crippen molar-refractivity contribution in [2.24, 2.45) is 7.05 Å². The molecule has 1 aliphatic heterocycles. The largest absolute Gasteiger partial charge is 0.388 e. The number of aryl methyl sites for hydroxylation is 1. The molecule has 1 fully saturated rings. The molecule has 1 N–H and O–H groups in total. The highest BCUT2D eigenvalue weighted by Crippen LogP contribution is 2.34. The molecular formula is C23H31N3O3. The highest BCUT2D eigenvalue weighted by molar-refractivity contribution is 5.94. The van der Waals surface area contributed by atoms with E-state index in [0.717, 1.165) is 42.5 Å².